The molecule has 1 atom stereocenters. The van der Waals surface area contributed by atoms with E-state index in [1.54, 1.807) is 6.20 Å². The van der Waals surface area contributed by atoms with Crippen molar-refractivity contribution < 1.29 is 0 Å². The van der Waals surface area contributed by atoms with Crippen LogP contribution in [0.15, 0.2) is 43.2 Å². The molecule has 0 bridgehead atoms. The van der Waals surface area contributed by atoms with Crippen molar-refractivity contribution in [2.75, 3.05) is 11.9 Å². The lowest BCUT2D eigenvalue weighted by atomic mass is 10.1. The fraction of sp³-hybridized carbons (Fsp3) is 0.333. The number of thiophene rings is 1. The topological polar surface area (TPSA) is 68.5 Å². The minimum Gasteiger partial charge on any atom is -0.369 e. The van der Waals surface area contributed by atoms with Crippen LogP contribution < -0.4 is 5.32 Å². The third-order valence-electron chi connectivity index (χ3n) is 5.18. The highest BCUT2D eigenvalue weighted by Gasteiger charge is 2.23. The second-order valence-electron chi connectivity index (χ2n) is 7.42. The maximum absolute atomic E-state index is 4.92. The zero-order valence-corrected chi connectivity index (χ0v) is 16.6. The van der Waals surface area contributed by atoms with Crippen molar-refractivity contribution in [1.29, 1.82) is 0 Å². The summed E-state index contributed by atoms with van der Waals surface area (Å²) in [6.45, 7) is 4.02. The van der Waals surface area contributed by atoms with Crippen molar-refractivity contribution in [2.24, 2.45) is 5.92 Å². The second-order valence-corrected chi connectivity index (χ2v) is 8.50. The Bertz CT molecular complexity index is 1090. The van der Waals surface area contributed by atoms with Gasteiger partial charge >= 0.3 is 0 Å². The van der Waals surface area contributed by atoms with Crippen LogP contribution in [0, 0.1) is 5.92 Å². The molecule has 0 aromatic carbocycles. The Labute approximate surface area is 167 Å². The number of anilines is 1. The minimum absolute atomic E-state index is 0.452. The largest absolute Gasteiger partial charge is 0.369 e. The number of hydrogen-bond acceptors (Lipinski definition) is 6. The molecule has 28 heavy (non-hydrogen) atoms. The molecule has 4 heterocycles. The van der Waals surface area contributed by atoms with Gasteiger partial charge in [0.15, 0.2) is 5.82 Å². The van der Waals surface area contributed by atoms with Crippen molar-refractivity contribution in [1.82, 2.24) is 24.5 Å². The van der Waals surface area contributed by atoms with Crippen molar-refractivity contribution in [3.63, 3.8) is 0 Å². The highest BCUT2D eigenvalue weighted by atomic mass is 32.1. The van der Waals surface area contributed by atoms with E-state index in [9.17, 15) is 0 Å². The van der Waals surface area contributed by atoms with Crippen molar-refractivity contribution in [2.45, 2.75) is 32.7 Å². The summed E-state index contributed by atoms with van der Waals surface area (Å²) in [4.78, 5) is 20.7. The number of aromatic nitrogens is 5. The van der Waals surface area contributed by atoms with Gasteiger partial charge in [0.2, 0.25) is 0 Å². The van der Waals surface area contributed by atoms with Crippen LogP contribution in [0.2, 0.25) is 0 Å². The highest BCUT2D eigenvalue weighted by molar-refractivity contribution is 7.19. The van der Waals surface area contributed by atoms with Crippen LogP contribution in [0.4, 0.5) is 5.82 Å². The molecular formula is C21H22N6S. The van der Waals surface area contributed by atoms with Gasteiger partial charge < -0.3 is 9.88 Å². The molecule has 0 aliphatic heterocycles. The summed E-state index contributed by atoms with van der Waals surface area (Å²) in [6, 6.07) is 3.94. The summed E-state index contributed by atoms with van der Waals surface area (Å²) in [7, 11) is 0. The molecule has 4 aromatic rings. The van der Waals surface area contributed by atoms with Crippen LogP contribution in [0.3, 0.4) is 0 Å². The molecule has 0 amide bonds. The molecule has 4 aromatic heterocycles. The Morgan fingerprint density at radius 3 is 3.00 bits per heavy atom. The van der Waals surface area contributed by atoms with Crippen molar-refractivity contribution in [3.05, 3.63) is 53.7 Å². The molecule has 1 aliphatic rings. The predicted molar refractivity (Wildman–Crippen MR) is 113 cm³/mol. The number of rotatable bonds is 6. The molecule has 0 fully saturated rings. The summed E-state index contributed by atoms with van der Waals surface area (Å²) in [5.74, 6) is 2.15. The molecule has 1 aliphatic carbocycles. The summed E-state index contributed by atoms with van der Waals surface area (Å²) in [5, 5.41) is 4.85. The lowest BCUT2D eigenvalue weighted by Gasteiger charge is -2.15. The Morgan fingerprint density at radius 1 is 1.21 bits per heavy atom. The Hall–Kier alpha value is -2.80. The second kappa shape index (κ2) is 7.31. The first-order valence-electron chi connectivity index (χ1n) is 9.70. The molecule has 7 heteroatoms. The summed E-state index contributed by atoms with van der Waals surface area (Å²) in [5.41, 5.74) is 2.40. The van der Waals surface area contributed by atoms with Gasteiger partial charge in [-0.1, -0.05) is 6.92 Å². The predicted octanol–water partition coefficient (Wildman–Crippen LogP) is 4.19. The van der Waals surface area contributed by atoms with Gasteiger partial charge in [-0.2, -0.15) is 0 Å². The lowest BCUT2D eigenvalue weighted by Crippen LogP contribution is -2.17. The van der Waals surface area contributed by atoms with E-state index in [2.05, 4.69) is 26.8 Å². The van der Waals surface area contributed by atoms with Crippen molar-refractivity contribution >= 4 is 27.4 Å². The number of aryl methyl sites for hydroxylation is 2. The Morgan fingerprint density at radius 2 is 2.18 bits per heavy atom. The monoisotopic (exact) mass is 390 g/mol. The van der Waals surface area contributed by atoms with E-state index >= 15 is 0 Å². The van der Waals surface area contributed by atoms with Crippen molar-refractivity contribution in [3.8, 4) is 11.4 Å². The minimum atomic E-state index is 0.452. The molecule has 0 spiro atoms. The first-order valence-corrected chi connectivity index (χ1v) is 10.5. The zero-order chi connectivity index (χ0) is 18.9. The van der Waals surface area contributed by atoms with E-state index in [4.69, 9.17) is 9.97 Å². The number of pyridine rings is 1. The summed E-state index contributed by atoms with van der Waals surface area (Å²) < 4.78 is 2.12. The Balaban J connectivity index is 1.48. The van der Waals surface area contributed by atoms with Crippen LogP contribution >= 0.6 is 11.3 Å². The number of imidazole rings is 1. The normalized spacial score (nSPS) is 14.3. The molecule has 142 valence electrons. The molecule has 0 unspecified atom stereocenters. The Kier molecular flexibility index (Phi) is 4.52. The van der Waals surface area contributed by atoms with E-state index in [0.717, 1.165) is 48.0 Å². The van der Waals surface area contributed by atoms with Gasteiger partial charge in [0, 0.05) is 48.3 Å². The van der Waals surface area contributed by atoms with E-state index in [1.807, 2.05) is 48.4 Å². The molecular weight excluding hydrogens is 368 g/mol. The van der Waals surface area contributed by atoms with Gasteiger partial charge in [-0.05, 0) is 42.9 Å². The molecule has 1 N–H and O–H groups in total. The highest BCUT2D eigenvalue weighted by Crippen LogP contribution is 2.40. The summed E-state index contributed by atoms with van der Waals surface area (Å²) in [6.07, 6.45) is 12.8. The first kappa shape index (κ1) is 17.3. The summed E-state index contributed by atoms with van der Waals surface area (Å²) >= 11 is 1.82. The van der Waals surface area contributed by atoms with Gasteiger partial charge in [0.25, 0.3) is 0 Å². The molecule has 0 saturated heterocycles. The van der Waals surface area contributed by atoms with E-state index in [1.165, 1.54) is 22.2 Å². The zero-order valence-electron chi connectivity index (χ0n) is 15.8. The third kappa shape index (κ3) is 3.26. The van der Waals surface area contributed by atoms with Gasteiger partial charge in [-0.15, -0.1) is 11.3 Å². The van der Waals surface area contributed by atoms with E-state index in [0.29, 0.717) is 5.92 Å². The van der Waals surface area contributed by atoms with Crippen LogP contribution in [-0.4, -0.2) is 31.0 Å². The molecule has 0 saturated carbocycles. The fourth-order valence-corrected chi connectivity index (χ4v) is 5.10. The standard InChI is InChI=1S/C21H22N6S/c1-14(12-27-9-8-23-13-27)10-24-20-18-16-5-2-6-17(16)28-21(18)26-19(25-20)15-4-3-7-22-11-15/h3-4,7-9,11,13-14H,2,5-6,10,12H2,1H3,(H,24,25,26)/t14-/m1/s1. The third-order valence-corrected chi connectivity index (χ3v) is 6.37. The average molecular weight is 391 g/mol. The van der Waals surface area contributed by atoms with Gasteiger partial charge in [-0.25, -0.2) is 15.0 Å². The fourth-order valence-electron chi connectivity index (χ4n) is 3.84. The van der Waals surface area contributed by atoms with Gasteiger partial charge in [0.1, 0.15) is 10.6 Å². The number of nitrogens with one attached hydrogen (secondary N) is 1. The lowest BCUT2D eigenvalue weighted by molar-refractivity contribution is 0.503. The molecule has 6 nitrogen and oxygen atoms in total. The van der Waals surface area contributed by atoms with Gasteiger partial charge in [0.05, 0.1) is 11.7 Å². The van der Waals surface area contributed by atoms with Crippen LogP contribution in [0.1, 0.15) is 23.8 Å². The smallest absolute Gasteiger partial charge is 0.164 e. The average Bonchev–Trinajstić information content (AvgIpc) is 3.44. The maximum atomic E-state index is 4.92. The quantitative estimate of drug-likeness (QED) is 0.535. The van der Waals surface area contributed by atoms with Crippen LogP contribution in [0.5, 0.6) is 0 Å². The maximum Gasteiger partial charge on any atom is 0.164 e. The van der Waals surface area contributed by atoms with Crippen LogP contribution in [0.25, 0.3) is 21.6 Å². The van der Waals surface area contributed by atoms with Crippen LogP contribution in [-0.2, 0) is 19.4 Å². The number of nitrogens with zero attached hydrogens (tertiary/aromatic N) is 5. The molecule has 0 radical (unpaired) electrons. The van der Waals surface area contributed by atoms with E-state index in [-0.39, 0.29) is 0 Å². The number of fused-ring (bicyclic) bond motifs is 3. The first-order chi connectivity index (χ1) is 13.8. The van der Waals surface area contributed by atoms with Gasteiger partial charge in [-0.3, -0.25) is 4.98 Å². The SMILES string of the molecule is C[C@H](CNc1nc(-c2cccnc2)nc2sc3c(c12)CCC3)Cn1ccnc1. The van der Waals surface area contributed by atoms with E-state index < -0.39 is 0 Å². The number of hydrogen-bond donors (Lipinski definition) is 1. The molecule has 5 rings (SSSR count).